The first kappa shape index (κ1) is 21.7. The van der Waals surface area contributed by atoms with E-state index in [9.17, 15) is 4.79 Å². The molecule has 0 spiro atoms. The van der Waals surface area contributed by atoms with Crippen LogP contribution in [0.2, 0.25) is 0 Å². The number of allylic oxidation sites excluding steroid dienone is 2. The summed E-state index contributed by atoms with van der Waals surface area (Å²) < 4.78 is 10.4. The van der Waals surface area contributed by atoms with Gasteiger partial charge in [-0.25, -0.2) is 0 Å². The standard InChI is InChI=1S/C25H32O3/c1-27-24-19-18-22(20-25(24)28-2)23(26)17-13-8-6-4-3-5-7-10-14-21-15-11-9-12-16-21/h9,11-13,15-20H,3-8,10,14H2,1-2H3. The smallest absolute Gasteiger partial charge is 0.185 e. The third-order valence-electron chi connectivity index (χ3n) is 4.87. The molecule has 0 N–H and O–H groups in total. The van der Waals surface area contributed by atoms with Crippen molar-refractivity contribution in [2.75, 3.05) is 14.2 Å². The fraction of sp³-hybridized carbons (Fsp3) is 0.400. The lowest BCUT2D eigenvalue weighted by Gasteiger charge is -2.07. The summed E-state index contributed by atoms with van der Waals surface area (Å²) in [4.78, 5) is 12.3. The molecule has 28 heavy (non-hydrogen) atoms. The topological polar surface area (TPSA) is 35.5 Å². The number of carbonyl (C=O) groups excluding carboxylic acids is 1. The van der Waals surface area contributed by atoms with Gasteiger partial charge in [-0.1, -0.05) is 62.1 Å². The highest BCUT2D eigenvalue weighted by Gasteiger charge is 2.08. The summed E-state index contributed by atoms with van der Waals surface area (Å²) >= 11 is 0. The third-order valence-corrected chi connectivity index (χ3v) is 4.87. The normalized spacial score (nSPS) is 10.9. The molecule has 0 amide bonds. The first-order valence-corrected chi connectivity index (χ1v) is 10.2. The van der Waals surface area contributed by atoms with Gasteiger partial charge in [-0.2, -0.15) is 0 Å². The van der Waals surface area contributed by atoms with E-state index in [1.807, 2.05) is 6.08 Å². The summed E-state index contributed by atoms with van der Waals surface area (Å²) in [6.45, 7) is 0. The Bertz CT molecular complexity index is 735. The van der Waals surface area contributed by atoms with Gasteiger partial charge in [0.1, 0.15) is 0 Å². The lowest BCUT2D eigenvalue weighted by Crippen LogP contribution is -1.97. The SMILES string of the molecule is COc1ccc(C(=O)C=CCCCCCCCCc2ccccc2)cc1OC. The fourth-order valence-electron chi connectivity index (χ4n) is 3.22. The number of hydrogen-bond acceptors (Lipinski definition) is 3. The Hall–Kier alpha value is -2.55. The molecule has 0 saturated heterocycles. The zero-order valence-corrected chi connectivity index (χ0v) is 17.2. The van der Waals surface area contributed by atoms with E-state index in [1.54, 1.807) is 38.5 Å². The Morgan fingerprint density at radius 3 is 2.21 bits per heavy atom. The maximum Gasteiger partial charge on any atom is 0.185 e. The van der Waals surface area contributed by atoms with Crippen molar-refractivity contribution in [3.05, 3.63) is 71.8 Å². The highest BCUT2D eigenvalue weighted by molar-refractivity contribution is 6.04. The number of unbranched alkanes of at least 4 members (excludes halogenated alkanes) is 6. The van der Waals surface area contributed by atoms with Crippen LogP contribution >= 0.6 is 0 Å². The number of ketones is 1. The van der Waals surface area contributed by atoms with E-state index in [-0.39, 0.29) is 5.78 Å². The van der Waals surface area contributed by atoms with Crippen LogP contribution < -0.4 is 9.47 Å². The molecular formula is C25H32O3. The molecule has 0 atom stereocenters. The van der Waals surface area contributed by atoms with E-state index in [0.717, 1.165) is 12.8 Å². The van der Waals surface area contributed by atoms with Crippen LogP contribution in [0.3, 0.4) is 0 Å². The highest BCUT2D eigenvalue weighted by Crippen LogP contribution is 2.27. The molecule has 0 saturated carbocycles. The van der Waals surface area contributed by atoms with Gasteiger partial charge in [0.2, 0.25) is 0 Å². The van der Waals surface area contributed by atoms with Crippen molar-refractivity contribution in [3.8, 4) is 11.5 Å². The minimum atomic E-state index is 0.00173. The molecule has 0 heterocycles. The zero-order chi connectivity index (χ0) is 20.0. The predicted octanol–water partition coefficient (Wildman–Crippen LogP) is 6.42. The Morgan fingerprint density at radius 2 is 1.50 bits per heavy atom. The molecule has 2 aromatic rings. The van der Waals surface area contributed by atoms with Crippen LogP contribution in [0.5, 0.6) is 11.5 Å². The van der Waals surface area contributed by atoms with E-state index >= 15 is 0 Å². The number of benzene rings is 2. The molecule has 0 unspecified atom stereocenters. The monoisotopic (exact) mass is 380 g/mol. The average Bonchev–Trinajstić information content (AvgIpc) is 2.75. The maximum absolute atomic E-state index is 12.3. The quantitative estimate of drug-likeness (QED) is 0.229. The molecule has 0 radical (unpaired) electrons. The molecule has 3 heteroatoms. The molecular weight excluding hydrogens is 348 g/mol. The van der Waals surface area contributed by atoms with Crippen LogP contribution in [0, 0.1) is 0 Å². The van der Waals surface area contributed by atoms with Crippen molar-refractivity contribution >= 4 is 5.78 Å². The minimum Gasteiger partial charge on any atom is -0.493 e. The van der Waals surface area contributed by atoms with Crippen molar-refractivity contribution in [3.63, 3.8) is 0 Å². The number of methoxy groups -OCH3 is 2. The molecule has 0 bridgehead atoms. The van der Waals surface area contributed by atoms with Crippen molar-refractivity contribution in [2.24, 2.45) is 0 Å². The van der Waals surface area contributed by atoms with Gasteiger partial charge < -0.3 is 9.47 Å². The lowest BCUT2D eigenvalue weighted by molar-refractivity contribution is 0.104. The van der Waals surface area contributed by atoms with Gasteiger partial charge in [0, 0.05) is 5.56 Å². The summed E-state index contributed by atoms with van der Waals surface area (Å²) in [6, 6.07) is 15.9. The molecule has 0 aliphatic carbocycles. The molecule has 0 fully saturated rings. The van der Waals surface area contributed by atoms with Crippen molar-refractivity contribution in [1.82, 2.24) is 0 Å². The highest BCUT2D eigenvalue weighted by atomic mass is 16.5. The maximum atomic E-state index is 12.3. The Morgan fingerprint density at radius 1 is 0.821 bits per heavy atom. The molecule has 2 rings (SSSR count). The number of rotatable bonds is 13. The van der Waals surface area contributed by atoms with Crippen LogP contribution in [-0.2, 0) is 6.42 Å². The van der Waals surface area contributed by atoms with Gasteiger partial charge in [0.25, 0.3) is 0 Å². The Kier molecular flexibility index (Phi) is 9.92. The third kappa shape index (κ3) is 7.59. The predicted molar refractivity (Wildman–Crippen MR) is 115 cm³/mol. The van der Waals surface area contributed by atoms with Gasteiger partial charge in [0.05, 0.1) is 14.2 Å². The second-order valence-corrected chi connectivity index (χ2v) is 6.98. The van der Waals surface area contributed by atoms with Crippen LogP contribution in [0.25, 0.3) is 0 Å². The minimum absolute atomic E-state index is 0.00173. The van der Waals surface area contributed by atoms with Gasteiger partial charge in [-0.3, -0.25) is 4.79 Å². The van der Waals surface area contributed by atoms with Gasteiger partial charge >= 0.3 is 0 Å². The van der Waals surface area contributed by atoms with E-state index in [4.69, 9.17) is 9.47 Å². The summed E-state index contributed by atoms with van der Waals surface area (Å²) in [5.74, 6) is 1.21. The molecule has 0 aliphatic heterocycles. The number of carbonyl (C=O) groups is 1. The van der Waals surface area contributed by atoms with Crippen molar-refractivity contribution in [1.29, 1.82) is 0 Å². The molecule has 3 nitrogen and oxygen atoms in total. The molecule has 0 aliphatic rings. The van der Waals surface area contributed by atoms with E-state index in [1.165, 1.54) is 44.1 Å². The average molecular weight is 381 g/mol. The first-order valence-electron chi connectivity index (χ1n) is 10.2. The van der Waals surface area contributed by atoms with E-state index < -0.39 is 0 Å². The van der Waals surface area contributed by atoms with Gasteiger partial charge in [0.15, 0.2) is 17.3 Å². The van der Waals surface area contributed by atoms with Crippen LogP contribution in [-0.4, -0.2) is 20.0 Å². The zero-order valence-electron chi connectivity index (χ0n) is 17.2. The second-order valence-electron chi connectivity index (χ2n) is 6.98. The Balaban J connectivity index is 1.56. The van der Waals surface area contributed by atoms with Gasteiger partial charge in [-0.15, -0.1) is 0 Å². The fourth-order valence-corrected chi connectivity index (χ4v) is 3.22. The van der Waals surface area contributed by atoms with Gasteiger partial charge in [-0.05, 0) is 55.5 Å². The molecule has 2 aromatic carbocycles. The van der Waals surface area contributed by atoms with E-state index in [2.05, 4.69) is 30.3 Å². The molecule has 150 valence electrons. The Labute approximate surface area is 169 Å². The summed E-state index contributed by atoms with van der Waals surface area (Å²) in [6.07, 6.45) is 13.3. The summed E-state index contributed by atoms with van der Waals surface area (Å²) in [5.41, 5.74) is 2.05. The van der Waals surface area contributed by atoms with Crippen molar-refractivity contribution in [2.45, 2.75) is 51.4 Å². The lowest BCUT2D eigenvalue weighted by atomic mass is 10.0. The molecule has 0 aromatic heterocycles. The number of aryl methyl sites for hydroxylation is 1. The van der Waals surface area contributed by atoms with Crippen LogP contribution in [0.1, 0.15) is 60.9 Å². The van der Waals surface area contributed by atoms with Crippen LogP contribution in [0.15, 0.2) is 60.7 Å². The number of ether oxygens (including phenoxy) is 2. The largest absolute Gasteiger partial charge is 0.493 e. The second kappa shape index (κ2) is 12.8. The summed E-state index contributed by atoms with van der Waals surface area (Å²) in [5, 5.41) is 0. The van der Waals surface area contributed by atoms with E-state index in [0.29, 0.717) is 17.1 Å². The van der Waals surface area contributed by atoms with Crippen molar-refractivity contribution < 1.29 is 14.3 Å². The summed E-state index contributed by atoms with van der Waals surface area (Å²) in [7, 11) is 3.16. The first-order chi connectivity index (χ1) is 13.7. The number of hydrogen-bond donors (Lipinski definition) is 0. The van der Waals surface area contributed by atoms with Crippen LogP contribution in [0.4, 0.5) is 0 Å².